The Bertz CT molecular complexity index is 348. The van der Waals surface area contributed by atoms with Crippen LogP contribution in [0.2, 0.25) is 0 Å². The number of Topliss-reactive ketones (excluding diaryl/α,β-unsaturated/α-hetero) is 1. The summed E-state index contributed by atoms with van der Waals surface area (Å²) in [7, 11) is 1.99. The molecule has 0 aromatic heterocycles. The lowest BCUT2D eigenvalue weighted by atomic mass is 10.1. The molecule has 0 saturated heterocycles. The fourth-order valence-corrected chi connectivity index (χ4v) is 2.36. The minimum Gasteiger partial charge on any atom is -0.299 e. The maximum absolute atomic E-state index is 10.9. The monoisotopic (exact) mass is 251 g/mol. The van der Waals surface area contributed by atoms with Crippen molar-refractivity contribution < 1.29 is 4.79 Å². The smallest absolute Gasteiger partial charge is 0.143 e. The number of nitrogens with zero attached hydrogens (tertiary/aromatic N) is 1. The molecule has 17 heavy (non-hydrogen) atoms. The van der Waals surface area contributed by atoms with Crippen molar-refractivity contribution in [2.45, 2.75) is 25.2 Å². The molecule has 0 saturated carbocycles. The van der Waals surface area contributed by atoms with Gasteiger partial charge in [0, 0.05) is 11.4 Å². The molecule has 0 N–H and O–H groups in total. The number of likely N-dealkylation sites (N-methyl/N-ethyl adjacent to an activating group) is 1. The molecule has 0 unspecified atom stereocenters. The van der Waals surface area contributed by atoms with Gasteiger partial charge in [0.1, 0.15) is 5.78 Å². The summed E-state index contributed by atoms with van der Waals surface area (Å²) in [6, 6.07) is 8.71. The highest BCUT2D eigenvalue weighted by Crippen LogP contribution is 2.17. The molecule has 0 spiro atoms. The second-order valence-electron chi connectivity index (χ2n) is 4.27. The normalized spacial score (nSPS) is 10.8. The van der Waals surface area contributed by atoms with Gasteiger partial charge in [-0.3, -0.25) is 9.69 Å². The third kappa shape index (κ3) is 5.89. The van der Waals surface area contributed by atoms with E-state index in [1.165, 1.54) is 10.5 Å². The summed E-state index contributed by atoms with van der Waals surface area (Å²) in [5, 5.41) is 0. The molecule has 0 atom stereocenters. The SMILES string of the molecule is CCSc1ccc(CCN(C)CC(C)=O)cc1. The zero-order chi connectivity index (χ0) is 12.7. The fraction of sp³-hybridized carbons (Fsp3) is 0.500. The maximum Gasteiger partial charge on any atom is 0.143 e. The number of carbonyl (C=O) groups excluding carboxylic acids is 1. The van der Waals surface area contributed by atoms with Gasteiger partial charge in [0.2, 0.25) is 0 Å². The summed E-state index contributed by atoms with van der Waals surface area (Å²) < 4.78 is 0. The number of ketones is 1. The number of thioether (sulfide) groups is 1. The van der Waals surface area contributed by atoms with Crippen molar-refractivity contribution in [1.82, 2.24) is 4.90 Å². The van der Waals surface area contributed by atoms with E-state index in [2.05, 4.69) is 36.1 Å². The molecular formula is C14H21NOS. The minimum atomic E-state index is 0.224. The predicted molar refractivity (Wildman–Crippen MR) is 74.7 cm³/mol. The highest BCUT2D eigenvalue weighted by Gasteiger charge is 2.02. The Labute approximate surface area is 108 Å². The standard InChI is InChI=1S/C14H21NOS/c1-4-17-14-7-5-13(6-8-14)9-10-15(3)11-12(2)16/h5-8H,4,9-11H2,1-3H3. The van der Waals surface area contributed by atoms with Crippen LogP contribution < -0.4 is 0 Å². The van der Waals surface area contributed by atoms with Crippen molar-refractivity contribution in [3.63, 3.8) is 0 Å². The first-order valence-electron chi connectivity index (χ1n) is 6.01. The molecule has 0 radical (unpaired) electrons. The van der Waals surface area contributed by atoms with Crippen LogP contribution in [0.1, 0.15) is 19.4 Å². The molecule has 0 fully saturated rings. The molecule has 0 heterocycles. The van der Waals surface area contributed by atoms with Gasteiger partial charge in [-0.25, -0.2) is 0 Å². The lowest BCUT2D eigenvalue weighted by Gasteiger charge is -2.14. The Morgan fingerprint density at radius 2 is 1.94 bits per heavy atom. The van der Waals surface area contributed by atoms with Gasteiger partial charge in [0.25, 0.3) is 0 Å². The number of hydrogen-bond acceptors (Lipinski definition) is 3. The summed E-state index contributed by atoms with van der Waals surface area (Å²) in [5.41, 5.74) is 1.33. The Morgan fingerprint density at radius 3 is 2.47 bits per heavy atom. The van der Waals surface area contributed by atoms with Gasteiger partial charge in [-0.15, -0.1) is 11.8 Å². The fourth-order valence-electron chi connectivity index (χ4n) is 1.70. The minimum absolute atomic E-state index is 0.224. The van der Waals surface area contributed by atoms with E-state index in [1.54, 1.807) is 6.92 Å². The third-order valence-corrected chi connectivity index (χ3v) is 3.40. The van der Waals surface area contributed by atoms with Crippen LogP contribution in [0.4, 0.5) is 0 Å². The molecule has 0 aliphatic rings. The maximum atomic E-state index is 10.9. The average molecular weight is 251 g/mol. The third-order valence-electron chi connectivity index (χ3n) is 2.51. The van der Waals surface area contributed by atoms with Crippen LogP contribution in [0.5, 0.6) is 0 Å². The highest BCUT2D eigenvalue weighted by atomic mass is 32.2. The summed E-state index contributed by atoms with van der Waals surface area (Å²) in [6.07, 6.45) is 1.00. The first kappa shape index (κ1) is 14.3. The Kier molecular flexibility index (Phi) is 6.30. The number of rotatable bonds is 7. The molecule has 0 bridgehead atoms. The molecule has 0 amide bonds. The first-order valence-corrected chi connectivity index (χ1v) is 7.00. The van der Waals surface area contributed by atoms with Gasteiger partial charge in [0.05, 0.1) is 6.54 Å². The molecule has 1 aromatic rings. The zero-order valence-corrected chi connectivity index (χ0v) is 11.7. The lowest BCUT2D eigenvalue weighted by molar-refractivity contribution is -0.117. The van der Waals surface area contributed by atoms with Gasteiger partial charge in [-0.05, 0) is 43.8 Å². The van der Waals surface area contributed by atoms with E-state index in [4.69, 9.17) is 0 Å². The van der Waals surface area contributed by atoms with E-state index < -0.39 is 0 Å². The number of carbonyl (C=O) groups is 1. The molecule has 3 heteroatoms. The average Bonchev–Trinajstić information content (AvgIpc) is 2.28. The van der Waals surface area contributed by atoms with Crippen LogP contribution in [-0.2, 0) is 11.2 Å². The first-order chi connectivity index (χ1) is 8.11. The van der Waals surface area contributed by atoms with E-state index >= 15 is 0 Å². The number of hydrogen-bond donors (Lipinski definition) is 0. The van der Waals surface area contributed by atoms with E-state index in [0.717, 1.165) is 18.7 Å². The van der Waals surface area contributed by atoms with Crippen LogP contribution in [-0.4, -0.2) is 36.6 Å². The molecular weight excluding hydrogens is 230 g/mol. The zero-order valence-electron chi connectivity index (χ0n) is 10.9. The van der Waals surface area contributed by atoms with Crippen LogP contribution in [0.3, 0.4) is 0 Å². The molecule has 1 aromatic carbocycles. The van der Waals surface area contributed by atoms with Crippen molar-refractivity contribution in [2.24, 2.45) is 0 Å². The summed E-state index contributed by atoms with van der Waals surface area (Å²) in [4.78, 5) is 14.3. The molecule has 94 valence electrons. The van der Waals surface area contributed by atoms with Crippen LogP contribution in [0, 0.1) is 0 Å². The Balaban J connectivity index is 2.38. The summed E-state index contributed by atoms with van der Waals surface area (Å²) in [6.45, 7) is 5.27. The topological polar surface area (TPSA) is 20.3 Å². The predicted octanol–water partition coefficient (Wildman–Crippen LogP) is 2.86. The van der Waals surface area contributed by atoms with E-state index in [9.17, 15) is 4.79 Å². The van der Waals surface area contributed by atoms with Gasteiger partial charge in [0.15, 0.2) is 0 Å². The van der Waals surface area contributed by atoms with Crippen LogP contribution in [0.25, 0.3) is 0 Å². The van der Waals surface area contributed by atoms with E-state index in [1.807, 2.05) is 18.8 Å². The lowest BCUT2D eigenvalue weighted by Crippen LogP contribution is -2.26. The molecule has 2 nitrogen and oxygen atoms in total. The van der Waals surface area contributed by atoms with Crippen molar-refractivity contribution in [1.29, 1.82) is 0 Å². The van der Waals surface area contributed by atoms with Gasteiger partial charge < -0.3 is 0 Å². The Morgan fingerprint density at radius 1 is 1.29 bits per heavy atom. The van der Waals surface area contributed by atoms with Crippen LogP contribution in [0.15, 0.2) is 29.2 Å². The highest BCUT2D eigenvalue weighted by molar-refractivity contribution is 7.99. The molecule has 0 aliphatic carbocycles. The largest absolute Gasteiger partial charge is 0.299 e. The second kappa shape index (κ2) is 7.51. The Hall–Kier alpha value is -0.800. The van der Waals surface area contributed by atoms with Crippen molar-refractivity contribution >= 4 is 17.5 Å². The van der Waals surface area contributed by atoms with Crippen molar-refractivity contribution in [3.05, 3.63) is 29.8 Å². The van der Waals surface area contributed by atoms with Gasteiger partial charge >= 0.3 is 0 Å². The van der Waals surface area contributed by atoms with Gasteiger partial charge in [-0.1, -0.05) is 19.1 Å². The number of benzene rings is 1. The van der Waals surface area contributed by atoms with Crippen molar-refractivity contribution in [3.8, 4) is 0 Å². The molecule has 1 rings (SSSR count). The van der Waals surface area contributed by atoms with Crippen LogP contribution >= 0.6 is 11.8 Å². The second-order valence-corrected chi connectivity index (χ2v) is 5.60. The van der Waals surface area contributed by atoms with Gasteiger partial charge in [-0.2, -0.15) is 0 Å². The van der Waals surface area contributed by atoms with E-state index in [-0.39, 0.29) is 5.78 Å². The summed E-state index contributed by atoms with van der Waals surface area (Å²) in [5.74, 6) is 1.34. The van der Waals surface area contributed by atoms with E-state index in [0.29, 0.717) is 6.54 Å². The summed E-state index contributed by atoms with van der Waals surface area (Å²) >= 11 is 1.86. The molecule has 0 aliphatic heterocycles. The van der Waals surface area contributed by atoms with Crippen molar-refractivity contribution in [2.75, 3.05) is 25.9 Å². The quantitative estimate of drug-likeness (QED) is 0.695.